The first-order chi connectivity index (χ1) is 7.27. The summed E-state index contributed by atoms with van der Waals surface area (Å²) in [7, 11) is 0. The van der Waals surface area contributed by atoms with E-state index in [9.17, 15) is 4.79 Å². The molecule has 0 aromatic heterocycles. The summed E-state index contributed by atoms with van der Waals surface area (Å²) in [4.78, 5) is 15.2. The van der Waals surface area contributed by atoms with E-state index in [-0.39, 0.29) is 5.97 Å². The van der Waals surface area contributed by atoms with Crippen molar-refractivity contribution in [3.63, 3.8) is 0 Å². The van der Waals surface area contributed by atoms with E-state index in [0.29, 0.717) is 17.9 Å². The third-order valence-corrected chi connectivity index (χ3v) is 1.63. The second kappa shape index (κ2) is 5.77. The number of esters is 1. The first-order valence-electron chi connectivity index (χ1n) is 4.47. The summed E-state index contributed by atoms with van der Waals surface area (Å²) in [5, 5.41) is 8.30. The fourth-order valence-electron chi connectivity index (χ4n) is 1.03. The monoisotopic (exact) mass is 208 g/mol. The summed E-state index contributed by atoms with van der Waals surface area (Å²) >= 11 is 0. The molecule has 0 aliphatic carbocycles. The molecule has 80 valence electrons. The van der Waals surface area contributed by atoms with Gasteiger partial charge in [-0.1, -0.05) is 6.07 Å². The van der Waals surface area contributed by atoms with Crippen LogP contribution in [-0.4, -0.2) is 24.1 Å². The van der Waals surface area contributed by atoms with Gasteiger partial charge in [-0.2, -0.15) is 0 Å². The van der Waals surface area contributed by atoms with Gasteiger partial charge in [-0.25, -0.2) is 9.79 Å². The quantitative estimate of drug-likeness (QED) is 0.340. The summed E-state index contributed by atoms with van der Waals surface area (Å²) in [6.45, 7) is 2.08. The molecule has 0 heterocycles. The average Bonchev–Trinajstić information content (AvgIpc) is 2.27. The van der Waals surface area contributed by atoms with Crippen LogP contribution in [0.5, 0.6) is 0 Å². The Hall–Kier alpha value is -1.88. The first-order valence-corrected chi connectivity index (χ1v) is 4.47. The second-order valence-corrected chi connectivity index (χ2v) is 2.66. The number of aliphatic imine (C=N–C) groups is 1. The van der Waals surface area contributed by atoms with E-state index in [2.05, 4.69) is 4.99 Å². The zero-order valence-electron chi connectivity index (χ0n) is 8.30. The largest absolute Gasteiger partial charge is 0.462 e. The Bertz CT molecular complexity index is 363. The van der Waals surface area contributed by atoms with Gasteiger partial charge in [0.1, 0.15) is 6.34 Å². The molecule has 0 saturated heterocycles. The van der Waals surface area contributed by atoms with Crippen molar-refractivity contribution in [3.05, 3.63) is 29.8 Å². The van der Waals surface area contributed by atoms with Gasteiger partial charge in [-0.05, 0) is 25.1 Å². The summed E-state index contributed by atoms with van der Waals surface area (Å²) in [6.07, 6.45) is 1.12. The predicted octanol–water partition coefficient (Wildman–Crippen LogP) is 1.50. The minimum atomic E-state index is -0.383. The normalized spacial score (nSPS) is 10.3. The number of nitrogens with zero attached hydrogens (tertiary/aromatic N) is 1. The Morgan fingerprint density at radius 2 is 2.47 bits per heavy atom. The highest BCUT2D eigenvalue weighted by molar-refractivity contribution is 5.90. The fraction of sp³-hybridized carbons (Fsp3) is 0.200. The van der Waals surface area contributed by atoms with E-state index >= 15 is 0 Å². The van der Waals surface area contributed by atoms with Crippen molar-refractivity contribution in [3.8, 4) is 0 Å². The van der Waals surface area contributed by atoms with Gasteiger partial charge in [0.15, 0.2) is 0 Å². The first kappa shape index (κ1) is 11.2. The molecule has 5 heteroatoms. The summed E-state index contributed by atoms with van der Waals surface area (Å²) in [5.74, 6) is -0.383. The zero-order chi connectivity index (χ0) is 11.1. The van der Waals surface area contributed by atoms with Crippen LogP contribution in [0, 0.1) is 0 Å². The van der Waals surface area contributed by atoms with Crippen LogP contribution >= 0.6 is 0 Å². The van der Waals surface area contributed by atoms with Crippen LogP contribution < -0.4 is 5.48 Å². The number of carbonyl (C=O) groups excluding carboxylic acids is 1. The number of hydrogen-bond donors (Lipinski definition) is 2. The SMILES string of the molecule is CCOC(=O)c1cccc(N=CNO)c1. The molecule has 0 aliphatic heterocycles. The molecule has 0 unspecified atom stereocenters. The Labute approximate surface area is 87.4 Å². The fourth-order valence-corrected chi connectivity index (χ4v) is 1.03. The van der Waals surface area contributed by atoms with E-state index in [4.69, 9.17) is 9.94 Å². The highest BCUT2D eigenvalue weighted by atomic mass is 16.5. The van der Waals surface area contributed by atoms with E-state index < -0.39 is 0 Å². The van der Waals surface area contributed by atoms with Gasteiger partial charge in [0, 0.05) is 0 Å². The smallest absolute Gasteiger partial charge is 0.338 e. The van der Waals surface area contributed by atoms with Crippen LogP contribution in [0.4, 0.5) is 5.69 Å². The molecule has 15 heavy (non-hydrogen) atoms. The van der Waals surface area contributed by atoms with E-state index in [1.54, 1.807) is 36.7 Å². The molecule has 1 aromatic rings. The number of nitrogens with one attached hydrogen (secondary N) is 1. The molecule has 1 aromatic carbocycles. The number of ether oxygens (including phenoxy) is 1. The molecule has 0 amide bonds. The summed E-state index contributed by atoms with van der Waals surface area (Å²) in [6, 6.07) is 6.61. The van der Waals surface area contributed by atoms with Crippen molar-refractivity contribution < 1.29 is 14.7 Å². The maximum atomic E-state index is 11.3. The lowest BCUT2D eigenvalue weighted by Gasteiger charge is -2.01. The Morgan fingerprint density at radius 3 is 3.13 bits per heavy atom. The Balaban J connectivity index is 2.82. The van der Waals surface area contributed by atoms with Crippen molar-refractivity contribution in [2.45, 2.75) is 6.92 Å². The van der Waals surface area contributed by atoms with Gasteiger partial charge < -0.3 is 4.74 Å². The van der Waals surface area contributed by atoms with Gasteiger partial charge in [0.2, 0.25) is 0 Å². The van der Waals surface area contributed by atoms with E-state index in [1.165, 1.54) is 0 Å². The Kier molecular flexibility index (Phi) is 4.30. The van der Waals surface area contributed by atoms with Crippen LogP contribution in [0.15, 0.2) is 29.3 Å². The molecule has 2 N–H and O–H groups in total. The highest BCUT2D eigenvalue weighted by Gasteiger charge is 2.05. The predicted molar refractivity (Wildman–Crippen MR) is 55.5 cm³/mol. The molecule has 0 saturated carbocycles. The maximum Gasteiger partial charge on any atom is 0.338 e. The van der Waals surface area contributed by atoms with Crippen LogP contribution in [0.3, 0.4) is 0 Å². The van der Waals surface area contributed by atoms with Crippen molar-refractivity contribution in [2.24, 2.45) is 4.99 Å². The Morgan fingerprint density at radius 1 is 1.67 bits per heavy atom. The number of rotatable bonds is 4. The van der Waals surface area contributed by atoms with Crippen molar-refractivity contribution >= 4 is 18.0 Å². The van der Waals surface area contributed by atoms with Gasteiger partial charge in [-0.15, -0.1) is 0 Å². The lowest BCUT2D eigenvalue weighted by molar-refractivity contribution is 0.0526. The van der Waals surface area contributed by atoms with Crippen LogP contribution in [-0.2, 0) is 4.74 Å². The van der Waals surface area contributed by atoms with Crippen molar-refractivity contribution in [1.82, 2.24) is 5.48 Å². The molecule has 5 nitrogen and oxygen atoms in total. The van der Waals surface area contributed by atoms with Crippen LogP contribution in [0.1, 0.15) is 17.3 Å². The summed E-state index contributed by atoms with van der Waals surface area (Å²) in [5.41, 5.74) is 2.77. The second-order valence-electron chi connectivity index (χ2n) is 2.66. The van der Waals surface area contributed by atoms with E-state index in [1.807, 2.05) is 0 Å². The number of hydrogen-bond acceptors (Lipinski definition) is 4. The minimum absolute atomic E-state index is 0.338. The van der Waals surface area contributed by atoms with Crippen LogP contribution in [0.25, 0.3) is 0 Å². The zero-order valence-corrected chi connectivity index (χ0v) is 8.30. The molecule has 0 radical (unpaired) electrons. The average molecular weight is 208 g/mol. The lowest BCUT2D eigenvalue weighted by Crippen LogP contribution is -2.04. The van der Waals surface area contributed by atoms with Crippen LogP contribution in [0.2, 0.25) is 0 Å². The topological polar surface area (TPSA) is 70.9 Å². The molecule has 0 fully saturated rings. The molecule has 0 bridgehead atoms. The van der Waals surface area contributed by atoms with Gasteiger partial charge in [-0.3, -0.25) is 10.7 Å². The highest BCUT2D eigenvalue weighted by Crippen LogP contribution is 2.14. The third-order valence-electron chi connectivity index (χ3n) is 1.63. The molecule has 0 spiro atoms. The molecule has 0 aliphatic rings. The third kappa shape index (κ3) is 3.40. The minimum Gasteiger partial charge on any atom is -0.462 e. The van der Waals surface area contributed by atoms with Gasteiger partial charge >= 0.3 is 5.97 Å². The van der Waals surface area contributed by atoms with Crippen molar-refractivity contribution in [2.75, 3.05) is 6.61 Å². The molecular formula is C10H12N2O3. The summed E-state index contributed by atoms with van der Waals surface area (Å²) < 4.78 is 4.83. The van der Waals surface area contributed by atoms with Gasteiger partial charge in [0.25, 0.3) is 0 Å². The van der Waals surface area contributed by atoms with E-state index in [0.717, 1.165) is 6.34 Å². The molecule has 1 rings (SSSR count). The van der Waals surface area contributed by atoms with Crippen molar-refractivity contribution in [1.29, 1.82) is 0 Å². The number of carbonyl (C=O) groups is 1. The molecular weight excluding hydrogens is 196 g/mol. The lowest BCUT2D eigenvalue weighted by atomic mass is 10.2. The number of benzene rings is 1. The number of hydroxylamine groups is 1. The maximum absolute atomic E-state index is 11.3. The molecule has 0 atom stereocenters. The van der Waals surface area contributed by atoms with Gasteiger partial charge in [0.05, 0.1) is 17.9 Å². The standard InChI is InChI=1S/C10H12N2O3/c1-2-15-10(13)8-4-3-5-9(6-8)11-7-12-14/h3-7,14H,2H2,1H3,(H,11,12).